The molecule has 2 rings (SSSR count). The number of ether oxygens (including phenoxy) is 1. The van der Waals surface area contributed by atoms with Crippen LogP contribution in [0.1, 0.15) is 25.7 Å². The summed E-state index contributed by atoms with van der Waals surface area (Å²) in [7, 11) is 1.68. The molecule has 1 N–H and O–H groups in total. The van der Waals surface area contributed by atoms with Gasteiger partial charge in [-0.2, -0.15) is 0 Å². The van der Waals surface area contributed by atoms with Crippen molar-refractivity contribution in [1.82, 2.24) is 0 Å². The summed E-state index contributed by atoms with van der Waals surface area (Å²) < 4.78 is 5.29. The molecule has 1 fully saturated rings. The lowest BCUT2D eigenvalue weighted by Crippen LogP contribution is -2.14. The molecule has 0 amide bonds. The number of methoxy groups -OCH3 is 1. The maximum absolute atomic E-state index is 5.96. The zero-order valence-electron chi connectivity index (χ0n) is 8.92. The van der Waals surface area contributed by atoms with E-state index >= 15 is 0 Å². The number of rotatable bonds is 3. The van der Waals surface area contributed by atoms with Gasteiger partial charge in [-0.3, -0.25) is 0 Å². The average Bonchev–Trinajstić information content (AvgIpc) is 2.71. The predicted molar refractivity (Wildman–Crippen MR) is 63.9 cm³/mol. The van der Waals surface area contributed by atoms with E-state index in [1.165, 1.54) is 25.7 Å². The zero-order valence-corrected chi connectivity index (χ0v) is 9.68. The zero-order chi connectivity index (χ0) is 10.7. The summed E-state index contributed by atoms with van der Waals surface area (Å²) in [5.74, 6) is 0.867. The van der Waals surface area contributed by atoms with Gasteiger partial charge in [0.2, 0.25) is 0 Å². The SMILES string of the molecule is COc1ccc(Cl)cc1NC1CCCC1. The fourth-order valence-corrected chi connectivity index (χ4v) is 2.26. The fourth-order valence-electron chi connectivity index (χ4n) is 2.08. The first-order chi connectivity index (χ1) is 7.29. The van der Waals surface area contributed by atoms with Crippen LogP contribution in [0, 0.1) is 0 Å². The topological polar surface area (TPSA) is 21.3 Å². The van der Waals surface area contributed by atoms with Gasteiger partial charge in [0.05, 0.1) is 12.8 Å². The van der Waals surface area contributed by atoms with Gasteiger partial charge in [0.25, 0.3) is 0 Å². The molecule has 15 heavy (non-hydrogen) atoms. The van der Waals surface area contributed by atoms with Gasteiger partial charge in [-0.05, 0) is 31.0 Å². The van der Waals surface area contributed by atoms with Crippen molar-refractivity contribution in [2.45, 2.75) is 31.7 Å². The molecule has 0 saturated heterocycles. The Morgan fingerprint density at radius 3 is 2.73 bits per heavy atom. The van der Waals surface area contributed by atoms with Crippen molar-refractivity contribution in [3.63, 3.8) is 0 Å². The molecule has 1 saturated carbocycles. The second kappa shape index (κ2) is 4.75. The lowest BCUT2D eigenvalue weighted by molar-refractivity contribution is 0.416. The molecule has 1 aromatic rings. The molecule has 0 unspecified atom stereocenters. The third-order valence-corrected chi connectivity index (χ3v) is 3.11. The average molecular weight is 226 g/mol. The van der Waals surface area contributed by atoms with Crippen LogP contribution in [0.5, 0.6) is 5.75 Å². The molecule has 2 nitrogen and oxygen atoms in total. The molecule has 1 aliphatic carbocycles. The van der Waals surface area contributed by atoms with Crippen LogP contribution in [0.4, 0.5) is 5.69 Å². The van der Waals surface area contributed by atoms with Crippen LogP contribution >= 0.6 is 11.6 Å². The molecule has 0 radical (unpaired) electrons. The minimum atomic E-state index is 0.581. The summed E-state index contributed by atoms with van der Waals surface area (Å²) in [5, 5.41) is 4.24. The number of halogens is 1. The van der Waals surface area contributed by atoms with E-state index in [9.17, 15) is 0 Å². The highest BCUT2D eigenvalue weighted by Crippen LogP contribution is 2.31. The summed E-state index contributed by atoms with van der Waals surface area (Å²) in [6.07, 6.45) is 5.13. The third kappa shape index (κ3) is 2.57. The van der Waals surface area contributed by atoms with Crippen molar-refractivity contribution in [2.75, 3.05) is 12.4 Å². The van der Waals surface area contributed by atoms with Crippen LogP contribution < -0.4 is 10.1 Å². The monoisotopic (exact) mass is 225 g/mol. The van der Waals surface area contributed by atoms with Gasteiger partial charge < -0.3 is 10.1 Å². The molecule has 0 heterocycles. The van der Waals surface area contributed by atoms with Crippen LogP contribution in [0.15, 0.2) is 18.2 Å². The Labute approximate surface area is 95.6 Å². The van der Waals surface area contributed by atoms with Gasteiger partial charge in [-0.25, -0.2) is 0 Å². The molecule has 3 heteroatoms. The maximum atomic E-state index is 5.96. The second-order valence-electron chi connectivity index (χ2n) is 3.97. The first-order valence-corrected chi connectivity index (χ1v) is 5.77. The molecule has 0 atom stereocenters. The molecule has 0 aliphatic heterocycles. The van der Waals surface area contributed by atoms with Crippen LogP contribution in [0.2, 0.25) is 5.02 Å². The first kappa shape index (κ1) is 10.6. The van der Waals surface area contributed by atoms with Gasteiger partial charge in [0.15, 0.2) is 0 Å². The van der Waals surface area contributed by atoms with Crippen molar-refractivity contribution in [1.29, 1.82) is 0 Å². The van der Waals surface area contributed by atoms with Crippen molar-refractivity contribution < 1.29 is 4.74 Å². The van der Waals surface area contributed by atoms with E-state index in [1.807, 2.05) is 18.2 Å². The molecule has 1 aromatic carbocycles. The second-order valence-corrected chi connectivity index (χ2v) is 4.41. The Kier molecular flexibility index (Phi) is 3.37. The molecule has 1 aliphatic rings. The lowest BCUT2D eigenvalue weighted by atomic mass is 10.2. The number of hydrogen-bond acceptors (Lipinski definition) is 2. The normalized spacial score (nSPS) is 16.7. The predicted octanol–water partition coefficient (Wildman–Crippen LogP) is 3.70. The van der Waals surface area contributed by atoms with Gasteiger partial charge in [-0.15, -0.1) is 0 Å². The van der Waals surface area contributed by atoms with E-state index in [2.05, 4.69) is 5.32 Å². The summed E-state index contributed by atoms with van der Waals surface area (Å²) in [5.41, 5.74) is 1.01. The van der Waals surface area contributed by atoms with Gasteiger partial charge in [-0.1, -0.05) is 24.4 Å². The Balaban J connectivity index is 2.14. The van der Waals surface area contributed by atoms with Gasteiger partial charge >= 0.3 is 0 Å². The van der Waals surface area contributed by atoms with E-state index in [1.54, 1.807) is 7.11 Å². The Morgan fingerprint density at radius 1 is 1.33 bits per heavy atom. The summed E-state index contributed by atoms with van der Waals surface area (Å²) in [4.78, 5) is 0. The van der Waals surface area contributed by atoms with Gasteiger partial charge in [0.1, 0.15) is 5.75 Å². The first-order valence-electron chi connectivity index (χ1n) is 5.39. The lowest BCUT2D eigenvalue weighted by Gasteiger charge is -2.16. The molecule has 0 bridgehead atoms. The van der Waals surface area contributed by atoms with Crippen molar-refractivity contribution in [2.24, 2.45) is 0 Å². The molecule has 82 valence electrons. The summed E-state index contributed by atoms with van der Waals surface area (Å²) >= 11 is 5.96. The summed E-state index contributed by atoms with van der Waals surface area (Å²) in [6.45, 7) is 0. The highest BCUT2D eigenvalue weighted by atomic mass is 35.5. The van der Waals surface area contributed by atoms with Crippen molar-refractivity contribution >= 4 is 17.3 Å². The molecule has 0 spiro atoms. The molecular weight excluding hydrogens is 210 g/mol. The minimum absolute atomic E-state index is 0.581. The smallest absolute Gasteiger partial charge is 0.142 e. The van der Waals surface area contributed by atoms with Gasteiger partial charge in [0, 0.05) is 11.1 Å². The van der Waals surface area contributed by atoms with Crippen LogP contribution in [-0.4, -0.2) is 13.2 Å². The quantitative estimate of drug-likeness (QED) is 0.847. The number of anilines is 1. The molecule has 0 aromatic heterocycles. The van der Waals surface area contributed by atoms with Crippen molar-refractivity contribution in [3.8, 4) is 5.75 Å². The highest BCUT2D eigenvalue weighted by molar-refractivity contribution is 6.30. The van der Waals surface area contributed by atoms with E-state index in [4.69, 9.17) is 16.3 Å². The molecular formula is C12H16ClNO. The largest absolute Gasteiger partial charge is 0.495 e. The van der Waals surface area contributed by atoms with E-state index in [0.717, 1.165) is 16.5 Å². The maximum Gasteiger partial charge on any atom is 0.142 e. The van der Waals surface area contributed by atoms with E-state index in [-0.39, 0.29) is 0 Å². The Hall–Kier alpha value is -0.890. The van der Waals surface area contributed by atoms with Crippen LogP contribution in [-0.2, 0) is 0 Å². The fraction of sp³-hybridized carbons (Fsp3) is 0.500. The van der Waals surface area contributed by atoms with Crippen LogP contribution in [0.3, 0.4) is 0 Å². The standard InChI is InChI=1S/C12H16ClNO/c1-15-12-7-6-9(13)8-11(12)14-10-4-2-3-5-10/h6-8,10,14H,2-5H2,1H3. The minimum Gasteiger partial charge on any atom is -0.495 e. The van der Waals surface area contributed by atoms with Crippen LogP contribution in [0.25, 0.3) is 0 Å². The third-order valence-electron chi connectivity index (χ3n) is 2.88. The number of hydrogen-bond donors (Lipinski definition) is 1. The van der Waals surface area contributed by atoms with E-state index < -0.39 is 0 Å². The Morgan fingerprint density at radius 2 is 2.07 bits per heavy atom. The number of nitrogens with one attached hydrogen (secondary N) is 1. The summed E-state index contributed by atoms with van der Waals surface area (Å²) in [6, 6.07) is 6.26. The number of benzene rings is 1. The highest BCUT2D eigenvalue weighted by Gasteiger charge is 2.16. The van der Waals surface area contributed by atoms with Crippen molar-refractivity contribution in [3.05, 3.63) is 23.2 Å². The Bertz CT molecular complexity index is 334. The van der Waals surface area contributed by atoms with E-state index in [0.29, 0.717) is 6.04 Å².